The van der Waals surface area contributed by atoms with E-state index in [4.69, 9.17) is 4.74 Å². The summed E-state index contributed by atoms with van der Waals surface area (Å²) in [5.41, 5.74) is 1.43. The molecule has 1 aromatic rings. The molecule has 1 saturated carbocycles. The molecule has 1 aromatic carbocycles. The molecule has 0 bridgehead atoms. The van der Waals surface area contributed by atoms with E-state index in [9.17, 15) is 0 Å². The third-order valence-electron chi connectivity index (χ3n) is 4.37. The molecular weight excluding hydrogens is 389 g/mol. The number of ether oxygens (including phenoxy) is 1. The lowest BCUT2D eigenvalue weighted by atomic mass is 10.1. The van der Waals surface area contributed by atoms with Gasteiger partial charge in [-0.15, -0.1) is 24.0 Å². The first-order chi connectivity index (χ1) is 10.3. The van der Waals surface area contributed by atoms with E-state index in [0.29, 0.717) is 12.1 Å². The van der Waals surface area contributed by atoms with E-state index in [-0.39, 0.29) is 24.0 Å². The van der Waals surface area contributed by atoms with Gasteiger partial charge in [-0.3, -0.25) is 4.99 Å². The Labute approximate surface area is 150 Å². The number of hydrogen-bond acceptors (Lipinski definition) is 2. The summed E-state index contributed by atoms with van der Waals surface area (Å²) in [6, 6.07) is 11.8. The van der Waals surface area contributed by atoms with Gasteiger partial charge in [-0.1, -0.05) is 30.3 Å². The molecule has 5 heteroatoms. The van der Waals surface area contributed by atoms with Crippen LogP contribution in [0.3, 0.4) is 0 Å². The van der Waals surface area contributed by atoms with Crippen molar-refractivity contribution >= 4 is 29.9 Å². The van der Waals surface area contributed by atoms with Crippen LogP contribution < -0.4 is 10.6 Å². The van der Waals surface area contributed by atoms with Gasteiger partial charge in [0.15, 0.2) is 5.96 Å². The minimum atomic E-state index is 0. The summed E-state index contributed by atoms with van der Waals surface area (Å²) >= 11 is 0. The van der Waals surface area contributed by atoms with Gasteiger partial charge in [0.05, 0.1) is 0 Å². The fourth-order valence-corrected chi connectivity index (χ4v) is 2.95. The number of halogens is 1. The molecule has 1 aliphatic heterocycles. The lowest BCUT2D eigenvalue weighted by Crippen LogP contribution is -2.46. The second-order valence-corrected chi connectivity index (χ2v) is 6.04. The van der Waals surface area contributed by atoms with E-state index in [1.165, 1.54) is 12.0 Å². The first-order valence-electron chi connectivity index (χ1n) is 7.96. The summed E-state index contributed by atoms with van der Waals surface area (Å²) in [6.07, 6.45) is 4.54. The smallest absolute Gasteiger partial charge is 0.191 e. The highest BCUT2D eigenvalue weighted by atomic mass is 127. The Kier molecular flexibility index (Phi) is 6.95. The second-order valence-electron chi connectivity index (χ2n) is 6.04. The van der Waals surface area contributed by atoms with Gasteiger partial charge in [-0.05, 0) is 37.2 Å². The highest BCUT2D eigenvalue weighted by Crippen LogP contribution is 2.33. The van der Waals surface area contributed by atoms with E-state index in [1.54, 1.807) is 0 Å². The van der Waals surface area contributed by atoms with Crippen molar-refractivity contribution in [1.82, 2.24) is 10.6 Å². The van der Waals surface area contributed by atoms with Crippen LogP contribution in [0, 0.1) is 5.92 Å². The van der Waals surface area contributed by atoms with Gasteiger partial charge in [0, 0.05) is 32.3 Å². The fraction of sp³-hybridized carbons (Fsp3) is 0.588. The molecule has 0 aromatic heterocycles. The number of nitrogens with zero attached hydrogens (tertiary/aromatic N) is 1. The van der Waals surface area contributed by atoms with Gasteiger partial charge in [0.1, 0.15) is 0 Å². The maximum absolute atomic E-state index is 5.39. The molecule has 2 N–H and O–H groups in total. The SMILES string of the molecule is CN=C(NC1CCOCC1)NC1CC1Cc1ccccc1.I. The largest absolute Gasteiger partial charge is 0.381 e. The van der Waals surface area contributed by atoms with Gasteiger partial charge >= 0.3 is 0 Å². The van der Waals surface area contributed by atoms with E-state index in [2.05, 4.69) is 46.0 Å². The second kappa shape index (κ2) is 8.72. The molecule has 1 heterocycles. The summed E-state index contributed by atoms with van der Waals surface area (Å²) in [6.45, 7) is 1.71. The minimum Gasteiger partial charge on any atom is -0.381 e. The van der Waals surface area contributed by atoms with Crippen molar-refractivity contribution in [2.24, 2.45) is 10.9 Å². The average Bonchev–Trinajstić information content (AvgIpc) is 3.26. The Bertz CT molecular complexity index is 474. The van der Waals surface area contributed by atoms with Gasteiger partial charge in [-0.25, -0.2) is 0 Å². The number of hydrogen-bond donors (Lipinski definition) is 2. The molecule has 2 fully saturated rings. The lowest BCUT2D eigenvalue weighted by Gasteiger charge is -2.25. The van der Waals surface area contributed by atoms with Crippen LogP contribution >= 0.6 is 24.0 Å². The van der Waals surface area contributed by atoms with Crippen LogP contribution in [0.1, 0.15) is 24.8 Å². The summed E-state index contributed by atoms with van der Waals surface area (Å²) in [5.74, 6) is 1.68. The van der Waals surface area contributed by atoms with E-state index in [0.717, 1.165) is 44.4 Å². The monoisotopic (exact) mass is 415 g/mol. The van der Waals surface area contributed by atoms with Crippen molar-refractivity contribution in [3.8, 4) is 0 Å². The van der Waals surface area contributed by atoms with Crippen molar-refractivity contribution in [2.45, 2.75) is 37.8 Å². The van der Waals surface area contributed by atoms with Crippen molar-refractivity contribution < 1.29 is 4.74 Å². The predicted octanol–water partition coefficient (Wildman–Crippen LogP) is 2.58. The van der Waals surface area contributed by atoms with Crippen molar-refractivity contribution in [1.29, 1.82) is 0 Å². The fourth-order valence-electron chi connectivity index (χ4n) is 2.95. The molecule has 2 unspecified atom stereocenters. The molecule has 22 heavy (non-hydrogen) atoms. The molecule has 0 radical (unpaired) electrons. The highest BCUT2D eigenvalue weighted by molar-refractivity contribution is 14.0. The molecule has 0 amide bonds. The average molecular weight is 415 g/mol. The predicted molar refractivity (Wildman–Crippen MR) is 101 cm³/mol. The Morgan fingerprint density at radius 2 is 1.91 bits per heavy atom. The van der Waals surface area contributed by atoms with Crippen LogP contribution in [0.15, 0.2) is 35.3 Å². The molecule has 0 spiro atoms. The van der Waals surface area contributed by atoms with Crippen molar-refractivity contribution in [3.05, 3.63) is 35.9 Å². The Hall–Kier alpha value is -0.820. The van der Waals surface area contributed by atoms with Crippen LogP contribution in [-0.2, 0) is 11.2 Å². The van der Waals surface area contributed by atoms with Crippen LogP contribution in [0.2, 0.25) is 0 Å². The number of guanidine groups is 1. The van der Waals surface area contributed by atoms with E-state index >= 15 is 0 Å². The Balaban J connectivity index is 0.00000176. The minimum absolute atomic E-state index is 0. The van der Waals surface area contributed by atoms with Crippen molar-refractivity contribution in [3.63, 3.8) is 0 Å². The number of rotatable bonds is 4. The maximum atomic E-state index is 5.39. The van der Waals surface area contributed by atoms with Gasteiger partial charge in [0.2, 0.25) is 0 Å². The van der Waals surface area contributed by atoms with Crippen LogP contribution in [0.25, 0.3) is 0 Å². The molecule has 3 rings (SSSR count). The zero-order valence-electron chi connectivity index (χ0n) is 13.1. The third kappa shape index (κ3) is 5.12. The number of nitrogens with one attached hydrogen (secondary N) is 2. The quantitative estimate of drug-likeness (QED) is 0.452. The van der Waals surface area contributed by atoms with Crippen LogP contribution in [0.5, 0.6) is 0 Å². The molecule has 2 aliphatic rings. The first kappa shape index (κ1) is 17.5. The summed E-state index contributed by atoms with van der Waals surface area (Å²) < 4.78 is 5.39. The molecule has 4 nitrogen and oxygen atoms in total. The lowest BCUT2D eigenvalue weighted by molar-refractivity contribution is 0.0822. The molecule has 122 valence electrons. The molecule has 1 aliphatic carbocycles. The van der Waals surface area contributed by atoms with Gasteiger partial charge < -0.3 is 15.4 Å². The zero-order valence-corrected chi connectivity index (χ0v) is 15.5. The maximum Gasteiger partial charge on any atom is 0.191 e. The molecule has 2 atom stereocenters. The van der Waals surface area contributed by atoms with Crippen LogP contribution in [-0.4, -0.2) is 38.3 Å². The van der Waals surface area contributed by atoms with Crippen LogP contribution in [0.4, 0.5) is 0 Å². The number of benzene rings is 1. The Morgan fingerprint density at radius 3 is 2.59 bits per heavy atom. The Morgan fingerprint density at radius 1 is 1.18 bits per heavy atom. The molecular formula is C17H26IN3O. The first-order valence-corrected chi connectivity index (χ1v) is 7.96. The zero-order chi connectivity index (χ0) is 14.5. The summed E-state index contributed by atoms with van der Waals surface area (Å²) in [7, 11) is 1.85. The van der Waals surface area contributed by atoms with Gasteiger partial charge in [-0.2, -0.15) is 0 Å². The normalized spacial score (nSPS) is 25.2. The summed E-state index contributed by atoms with van der Waals surface area (Å²) in [4.78, 5) is 4.36. The van der Waals surface area contributed by atoms with E-state index in [1.807, 2.05) is 7.05 Å². The number of aliphatic imine (C=N–C) groups is 1. The van der Waals surface area contributed by atoms with E-state index < -0.39 is 0 Å². The standard InChI is InChI=1S/C17H25N3O.HI/c1-18-17(19-15-7-9-21-10-8-15)20-16-12-14(16)11-13-5-3-2-4-6-13;/h2-6,14-16H,7-12H2,1H3,(H2,18,19,20);1H. The molecule has 1 saturated heterocycles. The topological polar surface area (TPSA) is 45.7 Å². The third-order valence-corrected chi connectivity index (χ3v) is 4.37. The van der Waals surface area contributed by atoms with Crippen molar-refractivity contribution in [2.75, 3.05) is 20.3 Å². The summed E-state index contributed by atoms with van der Waals surface area (Å²) in [5, 5.41) is 7.08. The highest BCUT2D eigenvalue weighted by Gasteiger charge is 2.37. The van der Waals surface area contributed by atoms with Gasteiger partial charge in [0.25, 0.3) is 0 Å².